The number of aliphatic hydroxyl groups is 1. The topological polar surface area (TPSA) is 53.0 Å². The fraction of sp³-hybridized carbons (Fsp3) is 0.650. The van der Waals surface area contributed by atoms with Crippen LogP contribution in [-0.2, 0) is 16.1 Å². The van der Waals surface area contributed by atoms with Gasteiger partial charge in [0.25, 0.3) is 0 Å². The summed E-state index contributed by atoms with van der Waals surface area (Å²) in [6, 6.07) is 10.6. The van der Waals surface area contributed by atoms with Crippen LogP contribution < -0.4 is 0 Å². The monoisotopic (exact) mass is 346 g/mol. The molecule has 2 heterocycles. The van der Waals surface area contributed by atoms with Gasteiger partial charge in [-0.05, 0) is 38.4 Å². The van der Waals surface area contributed by atoms with Crippen LogP contribution in [0.15, 0.2) is 30.3 Å². The van der Waals surface area contributed by atoms with Crippen molar-refractivity contribution >= 4 is 5.91 Å². The zero-order valence-corrected chi connectivity index (χ0v) is 15.4. The predicted octanol–water partition coefficient (Wildman–Crippen LogP) is 1.90. The Bertz CT molecular complexity index is 570. The van der Waals surface area contributed by atoms with Crippen LogP contribution in [0.2, 0.25) is 0 Å². The number of benzene rings is 1. The quantitative estimate of drug-likeness (QED) is 0.905. The number of hydrogen-bond donors (Lipinski definition) is 1. The van der Waals surface area contributed by atoms with Crippen LogP contribution in [0.25, 0.3) is 0 Å². The van der Waals surface area contributed by atoms with Crippen molar-refractivity contribution in [1.82, 2.24) is 9.80 Å². The van der Waals surface area contributed by atoms with E-state index < -0.39 is 0 Å². The summed E-state index contributed by atoms with van der Waals surface area (Å²) in [5, 5.41) is 9.36. The van der Waals surface area contributed by atoms with Gasteiger partial charge >= 0.3 is 0 Å². The zero-order valence-electron chi connectivity index (χ0n) is 15.4. The Morgan fingerprint density at radius 3 is 2.60 bits per heavy atom. The van der Waals surface area contributed by atoms with Crippen LogP contribution in [0.4, 0.5) is 0 Å². The Hall–Kier alpha value is -1.43. The number of ether oxygens (including phenoxy) is 1. The van der Waals surface area contributed by atoms with Crippen LogP contribution in [0.1, 0.15) is 32.3 Å². The van der Waals surface area contributed by atoms with Crippen molar-refractivity contribution in [1.29, 1.82) is 0 Å². The largest absolute Gasteiger partial charge is 0.394 e. The van der Waals surface area contributed by atoms with Gasteiger partial charge in [-0.1, -0.05) is 37.3 Å². The van der Waals surface area contributed by atoms with E-state index in [1.807, 2.05) is 17.9 Å². The van der Waals surface area contributed by atoms with E-state index in [1.165, 1.54) is 5.56 Å². The average molecular weight is 346 g/mol. The molecule has 0 bridgehead atoms. The first-order valence-electron chi connectivity index (χ1n) is 9.31. The van der Waals surface area contributed by atoms with Gasteiger partial charge in [0.05, 0.1) is 25.4 Å². The number of aliphatic hydroxyl groups excluding tert-OH is 1. The molecule has 1 aromatic rings. The summed E-state index contributed by atoms with van der Waals surface area (Å²) in [7, 11) is 0. The molecule has 25 heavy (non-hydrogen) atoms. The molecule has 0 radical (unpaired) electrons. The molecule has 2 aliphatic heterocycles. The third-order valence-electron chi connectivity index (χ3n) is 5.69. The Labute approximate surface area is 150 Å². The van der Waals surface area contributed by atoms with Gasteiger partial charge in [0, 0.05) is 18.5 Å². The molecule has 0 saturated carbocycles. The Balaban J connectivity index is 1.58. The average Bonchev–Trinajstić information content (AvgIpc) is 2.64. The van der Waals surface area contributed by atoms with Crippen molar-refractivity contribution in [3.8, 4) is 0 Å². The molecule has 0 unspecified atom stereocenters. The second kappa shape index (κ2) is 7.85. The molecule has 138 valence electrons. The first kappa shape index (κ1) is 18.4. The highest BCUT2D eigenvalue weighted by atomic mass is 16.5. The normalized spacial score (nSPS) is 27.2. The van der Waals surface area contributed by atoms with Gasteiger partial charge in [-0.15, -0.1) is 0 Å². The number of piperidine rings is 1. The fourth-order valence-corrected chi connectivity index (χ4v) is 3.82. The zero-order chi connectivity index (χ0) is 17.9. The molecule has 0 aliphatic carbocycles. The van der Waals surface area contributed by atoms with E-state index >= 15 is 0 Å². The smallest absolute Gasteiger partial charge is 0.229 e. The molecule has 5 heteroatoms. The van der Waals surface area contributed by atoms with Crippen molar-refractivity contribution in [2.45, 2.75) is 45.4 Å². The predicted molar refractivity (Wildman–Crippen MR) is 97.1 cm³/mol. The van der Waals surface area contributed by atoms with Crippen LogP contribution in [-0.4, -0.2) is 65.8 Å². The number of amides is 1. The van der Waals surface area contributed by atoms with E-state index in [4.69, 9.17) is 4.74 Å². The van der Waals surface area contributed by atoms with Crippen molar-refractivity contribution in [2.75, 3.05) is 32.8 Å². The number of likely N-dealkylation sites (tertiary alicyclic amines) is 1. The summed E-state index contributed by atoms with van der Waals surface area (Å²) in [6.45, 7) is 7.94. The summed E-state index contributed by atoms with van der Waals surface area (Å²) in [4.78, 5) is 17.5. The van der Waals surface area contributed by atoms with E-state index in [-0.39, 0.29) is 30.1 Å². The molecule has 1 N–H and O–H groups in total. The lowest BCUT2D eigenvalue weighted by Gasteiger charge is -2.45. The lowest BCUT2D eigenvalue weighted by molar-refractivity contribution is -0.158. The maximum absolute atomic E-state index is 13.2. The molecular formula is C20H30N2O3. The van der Waals surface area contributed by atoms with Gasteiger partial charge in [0.1, 0.15) is 0 Å². The first-order chi connectivity index (χ1) is 12.0. The molecular weight excluding hydrogens is 316 g/mol. The molecule has 2 atom stereocenters. The van der Waals surface area contributed by atoms with E-state index in [0.717, 1.165) is 32.5 Å². The van der Waals surface area contributed by atoms with Crippen molar-refractivity contribution < 1.29 is 14.6 Å². The van der Waals surface area contributed by atoms with E-state index in [9.17, 15) is 9.90 Å². The van der Waals surface area contributed by atoms with Gasteiger partial charge in [-0.2, -0.15) is 0 Å². The van der Waals surface area contributed by atoms with E-state index in [2.05, 4.69) is 36.1 Å². The molecule has 3 rings (SSSR count). The van der Waals surface area contributed by atoms with Crippen molar-refractivity contribution in [3.05, 3.63) is 35.9 Å². The summed E-state index contributed by atoms with van der Waals surface area (Å²) >= 11 is 0. The number of hydrogen-bond acceptors (Lipinski definition) is 4. The first-order valence-corrected chi connectivity index (χ1v) is 9.31. The van der Waals surface area contributed by atoms with Gasteiger partial charge in [-0.25, -0.2) is 0 Å². The van der Waals surface area contributed by atoms with Gasteiger partial charge in [0.2, 0.25) is 5.91 Å². The maximum Gasteiger partial charge on any atom is 0.229 e. The molecule has 2 fully saturated rings. The Morgan fingerprint density at radius 2 is 1.96 bits per heavy atom. The van der Waals surface area contributed by atoms with Crippen molar-refractivity contribution in [3.63, 3.8) is 0 Å². The highest BCUT2D eigenvalue weighted by molar-refractivity contribution is 5.83. The number of rotatable bonds is 4. The number of nitrogens with zero attached hydrogens (tertiary/aromatic N) is 2. The molecule has 1 amide bonds. The summed E-state index contributed by atoms with van der Waals surface area (Å²) in [6.07, 6.45) is 1.51. The molecule has 5 nitrogen and oxygen atoms in total. The summed E-state index contributed by atoms with van der Waals surface area (Å²) < 4.78 is 5.57. The second-order valence-electron chi connectivity index (χ2n) is 7.77. The van der Waals surface area contributed by atoms with Crippen LogP contribution in [0.3, 0.4) is 0 Å². The second-order valence-corrected chi connectivity index (χ2v) is 7.77. The molecule has 0 spiro atoms. The van der Waals surface area contributed by atoms with E-state index in [0.29, 0.717) is 13.2 Å². The van der Waals surface area contributed by atoms with Crippen LogP contribution >= 0.6 is 0 Å². The van der Waals surface area contributed by atoms with Crippen LogP contribution in [0, 0.1) is 5.41 Å². The Morgan fingerprint density at radius 1 is 1.28 bits per heavy atom. The number of carbonyl (C=O) groups excluding carboxylic acids is 1. The highest BCUT2D eigenvalue weighted by Gasteiger charge is 2.42. The summed E-state index contributed by atoms with van der Waals surface area (Å²) in [5.41, 5.74) is 1.02. The van der Waals surface area contributed by atoms with Crippen LogP contribution in [0.5, 0.6) is 0 Å². The minimum Gasteiger partial charge on any atom is -0.394 e. The standard InChI is InChI=1S/C20H30N2O3/c1-16-15-25-18(14-23)13-22(16)19(24)20(2)8-10-21(11-9-20)12-17-6-4-3-5-7-17/h3-7,16,18,23H,8-15H2,1-2H3/t16-,18-/m1/s1. The highest BCUT2D eigenvalue weighted by Crippen LogP contribution is 2.35. The lowest BCUT2D eigenvalue weighted by Crippen LogP contribution is -2.57. The third kappa shape index (κ3) is 4.22. The fourth-order valence-electron chi connectivity index (χ4n) is 3.82. The van der Waals surface area contributed by atoms with Gasteiger partial charge in [-0.3, -0.25) is 9.69 Å². The summed E-state index contributed by atoms with van der Waals surface area (Å²) in [5.74, 6) is 0.223. The van der Waals surface area contributed by atoms with Crippen molar-refractivity contribution in [2.24, 2.45) is 5.41 Å². The molecule has 2 saturated heterocycles. The minimum absolute atomic E-state index is 0.0297. The Kier molecular flexibility index (Phi) is 5.77. The molecule has 1 aromatic carbocycles. The number of carbonyl (C=O) groups is 1. The van der Waals surface area contributed by atoms with E-state index in [1.54, 1.807) is 0 Å². The maximum atomic E-state index is 13.2. The minimum atomic E-state index is -0.307. The molecule has 2 aliphatic rings. The molecule has 0 aromatic heterocycles. The van der Waals surface area contributed by atoms with Gasteiger partial charge < -0.3 is 14.7 Å². The van der Waals surface area contributed by atoms with Gasteiger partial charge in [0.15, 0.2) is 0 Å². The number of morpholine rings is 1. The third-order valence-corrected chi connectivity index (χ3v) is 5.69. The lowest BCUT2D eigenvalue weighted by atomic mass is 9.78. The SMILES string of the molecule is C[C@@H]1CO[C@@H](CO)CN1C(=O)C1(C)CCN(Cc2ccccc2)CC1.